The van der Waals surface area contributed by atoms with E-state index in [1.807, 2.05) is 26.0 Å². The Morgan fingerprint density at radius 2 is 1.58 bits per heavy atom. The van der Waals surface area contributed by atoms with Crippen LogP contribution in [-0.4, -0.2) is 50.3 Å². The maximum Gasteiger partial charge on any atom is 0.243 e. The largest absolute Gasteiger partial charge is 0.301 e. The molecule has 0 radical (unpaired) electrons. The minimum absolute atomic E-state index is 0.415. The predicted molar refractivity (Wildman–Crippen MR) is 106 cm³/mol. The molecule has 0 amide bonds. The van der Waals surface area contributed by atoms with Gasteiger partial charge in [-0.25, -0.2) is 8.42 Å². The molecule has 0 bridgehead atoms. The molecular weight excluding hydrogens is 344 g/mol. The molecule has 4 nitrogen and oxygen atoms in total. The molecular formula is C21H28N2O2S. The highest BCUT2D eigenvalue weighted by atomic mass is 32.2. The van der Waals surface area contributed by atoms with Gasteiger partial charge in [0.25, 0.3) is 0 Å². The van der Waals surface area contributed by atoms with E-state index >= 15 is 0 Å². The first kappa shape index (κ1) is 19.1. The molecule has 1 aliphatic heterocycles. The highest BCUT2D eigenvalue weighted by Crippen LogP contribution is 2.20. The number of benzene rings is 2. The zero-order chi connectivity index (χ0) is 18.6. The number of piperazine rings is 1. The second-order valence-corrected chi connectivity index (χ2v) is 9.02. The molecule has 0 aromatic heterocycles. The molecule has 1 aliphatic rings. The molecule has 1 saturated heterocycles. The average molecular weight is 373 g/mol. The Labute approximate surface area is 157 Å². The fourth-order valence-electron chi connectivity index (χ4n) is 3.37. The van der Waals surface area contributed by atoms with Gasteiger partial charge in [-0.3, -0.25) is 0 Å². The topological polar surface area (TPSA) is 40.6 Å². The SMILES string of the molecule is Cc1ccc(S(=O)(=O)N2CCN(CCCc3ccccc3)CC2)cc1C. The van der Waals surface area contributed by atoms with Crippen LogP contribution in [0, 0.1) is 13.8 Å². The maximum atomic E-state index is 12.9. The van der Waals surface area contributed by atoms with Gasteiger partial charge in [0.15, 0.2) is 0 Å². The molecule has 0 N–H and O–H groups in total. The van der Waals surface area contributed by atoms with E-state index in [0.717, 1.165) is 43.6 Å². The second kappa shape index (κ2) is 8.33. The Hall–Kier alpha value is -1.69. The Morgan fingerprint density at radius 3 is 2.23 bits per heavy atom. The van der Waals surface area contributed by atoms with Crippen molar-refractivity contribution in [2.24, 2.45) is 0 Å². The number of nitrogens with zero attached hydrogens (tertiary/aromatic N) is 2. The van der Waals surface area contributed by atoms with E-state index in [-0.39, 0.29) is 0 Å². The summed E-state index contributed by atoms with van der Waals surface area (Å²) in [5, 5.41) is 0. The molecule has 0 aliphatic carbocycles. The molecule has 2 aromatic carbocycles. The summed E-state index contributed by atoms with van der Waals surface area (Å²) in [5.41, 5.74) is 3.50. The smallest absolute Gasteiger partial charge is 0.243 e. The van der Waals surface area contributed by atoms with Crippen molar-refractivity contribution in [3.8, 4) is 0 Å². The average Bonchev–Trinajstić information content (AvgIpc) is 2.65. The van der Waals surface area contributed by atoms with Crippen molar-refractivity contribution in [2.45, 2.75) is 31.6 Å². The van der Waals surface area contributed by atoms with Gasteiger partial charge in [0, 0.05) is 26.2 Å². The Balaban J connectivity index is 1.52. The summed E-state index contributed by atoms with van der Waals surface area (Å²) in [6.45, 7) is 7.73. The summed E-state index contributed by atoms with van der Waals surface area (Å²) in [4.78, 5) is 2.79. The van der Waals surface area contributed by atoms with E-state index in [4.69, 9.17) is 0 Å². The highest BCUT2D eigenvalue weighted by Gasteiger charge is 2.28. The standard InChI is InChI=1S/C21H28N2O2S/c1-18-10-11-21(17-19(18)2)26(24,25)23-15-13-22(14-16-23)12-6-9-20-7-4-3-5-8-20/h3-5,7-8,10-11,17H,6,9,12-16H2,1-2H3. The van der Waals surface area contributed by atoms with Gasteiger partial charge < -0.3 is 4.90 Å². The molecule has 1 heterocycles. The van der Waals surface area contributed by atoms with Crippen molar-refractivity contribution < 1.29 is 8.42 Å². The van der Waals surface area contributed by atoms with Crippen molar-refractivity contribution >= 4 is 10.0 Å². The zero-order valence-electron chi connectivity index (χ0n) is 15.7. The quantitative estimate of drug-likeness (QED) is 0.782. The lowest BCUT2D eigenvalue weighted by Gasteiger charge is -2.34. The third-order valence-electron chi connectivity index (χ3n) is 5.23. The van der Waals surface area contributed by atoms with E-state index in [1.165, 1.54) is 5.56 Å². The third-order valence-corrected chi connectivity index (χ3v) is 7.12. The number of hydrogen-bond donors (Lipinski definition) is 0. The highest BCUT2D eigenvalue weighted by molar-refractivity contribution is 7.89. The van der Waals surface area contributed by atoms with Gasteiger partial charge in [0.05, 0.1) is 4.90 Å². The molecule has 26 heavy (non-hydrogen) atoms. The summed E-state index contributed by atoms with van der Waals surface area (Å²) >= 11 is 0. The van der Waals surface area contributed by atoms with Crippen LogP contribution in [-0.2, 0) is 16.4 Å². The summed E-state index contributed by atoms with van der Waals surface area (Å²) < 4.78 is 27.4. The minimum atomic E-state index is -3.38. The van der Waals surface area contributed by atoms with Gasteiger partial charge in [0.2, 0.25) is 10.0 Å². The third kappa shape index (κ3) is 4.53. The monoisotopic (exact) mass is 372 g/mol. The van der Waals surface area contributed by atoms with Gasteiger partial charge in [-0.15, -0.1) is 0 Å². The second-order valence-electron chi connectivity index (χ2n) is 7.08. The van der Waals surface area contributed by atoms with Crippen LogP contribution >= 0.6 is 0 Å². The van der Waals surface area contributed by atoms with Crippen LogP contribution in [0.2, 0.25) is 0 Å². The lowest BCUT2D eigenvalue weighted by atomic mass is 10.1. The van der Waals surface area contributed by atoms with Crippen LogP contribution < -0.4 is 0 Å². The molecule has 140 valence electrons. The Bertz CT molecular complexity index is 826. The molecule has 0 saturated carbocycles. The van der Waals surface area contributed by atoms with Crippen molar-refractivity contribution in [3.05, 3.63) is 65.2 Å². The van der Waals surface area contributed by atoms with E-state index < -0.39 is 10.0 Å². The number of hydrogen-bond acceptors (Lipinski definition) is 3. The first-order chi connectivity index (χ1) is 12.5. The summed E-state index contributed by atoms with van der Waals surface area (Å²) in [5.74, 6) is 0. The van der Waals surface area contributed by atoms with Gasteiger partial charge in [-0.05, 0) is 62.1 Å². The van der Waals surface area contributed by atoms with Crippen LogP contribution in [0.15, 0.2) is 53.4 Å². The summed E-state index contributed by atoms with van der Waals surface area (Å²) in [7, 11) is -3.38. The van der Waals surface area contributed by atoms with Gasteiger partial charge in [-0.1, -0.05) is 36.4 Å². The zero-order valence-corrected chi connectivity index (χ0v) is 16.5. The summed E-state index contributed by atoms with van der Waals surface area (Å²) in [6.07, 6.45) is 2.18. The first-order valence-corrected chi connectivity index (χ1v) is 10.7. The van der Waals surface area contributed by atoms with Crippen LogP contribution in [0.4, 0.5) is 0 Å². The predicted octanol–water partition coefficient (Wildman–Crippen LogP) is 3.24. The van der Waals surface area contributed by atoms with E-state index in [2.05, 4.69) is 29.2 Å². The van der Waals surface area contributed by atoms with Gasteiger partial charge in [-0.2, -0.15) is 4.31 Å². The first-order valence-electron chi connectivity index (χ1n) is 9.30. The fourth-order valence-corrected chi connectivity index (χ4v) is 4.88. The Kier molecular flexibility index (Phi) is 6.12. The van der Waals surface area contributed by atoms with Crippen molar-refractivity contribution in [1.82, 2.24) is 9.21 Å². The van der Waals surface area contributed by atoms with Crippen LogP contribution in [0.5, 0.6) is 0 Å². The lowest BCUT2D eigenvalue weighted by Crippen LogP contribution is -2.48. The van der Waals surface area contributed by atoms with E-state index in [1.54, 1.807) is 16.4 Å². The van der Waals surface area contributed by atoms with Crippen molar-refractivity contribution in [2.75, 3.05) is 32.7 Å². The molecule has 0 atom stereocenters. The number of aryl methyl sites for hydroxylation is 3. The summed E-state index contributed by atoms with van der Waals surface area (Å²) in [6, 6.07) is 15.9. The van der Waals surface area contributed by atoms with E-state index in [0.29, 0.717) is 18.0 Å². The number of rotatable bonds is 6. The van der Waals surface area contributed by atoms with Gasteiger partial charge >= 0.3 is 0 Å². The lowest BCUT2D eigenvalue weighted by molar-refractivity contribution is 0.187. The van der Waals surface area contributed by atoms with Crippen molar-refractivity contribution in [1.29, 1.82) is 0 Å². The van der Waals surface area contributed by atoms with E-state index in [9.17, 15) is 8.42 Å². The van der Waals surface area contributed by atoms with Crippen LogP contribution in [0.1, 0.15) is 23.1 Å². The molecule has 2 aromatic rings. The minimum Gasteiger partial charge on any atom is -0.301 e. The maximum absolute atomic E-state index is 12.9. The number of sulfonamides is 1. The fraction of sp³-hybridized carbons (Fsp3) is 0.429. The normalized spacial score (nSPS) is 16.7. The molecule has 0 spiro atoms. The van der Waals surface area contributed by atoms with Gasteiger partial charge in [0.1, 0.15) is 0 Å². The molecule has 5 heteroatoms. The molecule has 0 unspecified atom stereocenters. The molecule has 1 fully saturated rings. The van der Waals surface area contributed by atoms with Crippen LogP contribution in [0.3, 0.4) is 0 Å². The molecule has 3 rings (SSSR count). The Morgan fingerprint density at radius 1 is 0.885 bits per heavy atom. The van der Waals surface area contributed by atoms with Crippen molar-refractivity contribution in [3.63, 3.8) is 0 Å². The van der Waals surface area contributed by atoms with Crippen LogP contribution in [0.25, 0.3) is 0 Å².